The summed E-state index contributed by atoms with van der Waals surface area (Å²) in [5.74, 6) is 0.948. The lowest BCUT2D eigenvalue weighted by molar-refractivity contribution is -0.161. The molecule has 2 atom stereocenters. The minimum atomic E-state index is -0.154. The summed E-state index contributed by atoms with van der Waals surface area (Å²) in [5, 5.41) is 0. The third-order valence-electron chi connectivity index (χ3n) is 6.74. The number of carbonyl (C=O) groups is 1. The van der Waals surface area contributed by atoms with Crippen molar-refractivity contribution in [3.63, 3.8) is 0 Å². The van der Waals surface area contributed by atoms with Crippen molar-refractivity contribution >= 4 is 5.97 Å². The Morgan fingerprint density at radius 3 is 1.93 bits per heavy atom. The lowest BCUT2D eigenvalue weighted by atomic mass is 9.80. The first-order valence-corrected chi connectivity index (χ1v) is 12.9. The standard InChI is InChI=1S/C26H50O3/c1-5-7-9-10-11-12-13-15-21-28-22(3)23(4)29-26(27)25-19-17-24(18-20-25)16-14-8-6-2/h22-25H,5-21H2,1-4H3. The Balaban J connectivity index is 2.07. The molecule has 0 spiro atoms. The predicted molar refractivity (Wildman–Crippen MR) is 123 cm³/mol. The fraction of sp³-hybridized carbons (Fsp3) is 0.962. The van der Waals surface area contributed by atoms with E-state index < -0.39 is 0 Å². The quantitative estimate of drug-likeness (QED) is 0.181. The molecule has 1 rings (SSSR count). The van der Waals surface area contributed by atoms with Crippen LogP contribution in [0.4, 0.5) is 0 Å². The molecule has 0 aromatic rings. The van der Waals surface area contributed by atoms with E-state index in [0.717, 1.165) is 31.8 Å². The summed E-state index contributed by atoms with van der Waals surface area (Å²) in [4.78, 5) is 12.5. The molecule has 3 heteroatoms. The summed E-state index contributed by atoms with van der Waals surface area (Å²) in [6.45, 7) is 9.31. The highest BCUT2D eigenvalue weighted by Gasteiger charge is 2.29. The van der Waals surface area contributed by atoms with Gasteiger partial charge in [0, 0.05) is 6.61 Å². The SMILES string of the molecule is CCCCCCCCCCOC(C)C(C)OC(=O)C1CCC(CCCCC)CC1. The second kappa shape index (κ2) is 17.1. The molecular weight excluding hydrogens is 360 g/mol. The molecule has 2 unspecified atom stereocenters. The largest absolute Gasteiger partial charge is 0.460 e. The van der Waals surface area contributed by atoms with Crippen molar-refractivity contribution in [1.29, 1.82) is 0 Å². The molecule has 29 heavy (non-hydrogen) atoms. The lowest BCUT2D eigenvalue weighted by Crippen LogP contribution is -2.33. The lowest BCUT2D eigenvalue weighted by Gasteiger charge is -2.29. The fourth-order valence-electron chi connectivity index (χ4n) is 4.39. The molecule has 0 aromatic heterocycles. The van der Waals surface area contributed by atoms with Gasteiger partial charge in [-0.05, 0) is 51.9 Å². The Kier molecular flexibility index (Phi) is 15.6. The molecule has 172 valence electrons. The van der Waals surface area contributed by atoms with E-state index in [0.29, 0.717) is 0 Å². The van der Waals surface area contributed by atoms with Gasteiger partial charge in [0.25, 0.3) is 0 Å². The highest BCUT2D eigenvalue weighted by molar-refractivity contribution is 5.72. The van der Waals surface area contributed by atoms with Crippen LogP contribution in [0, 0.1) is 11.8 Å². The normalized spacial score (nSPS) is 21.7. The molecule has 0 heterocycles. The van der Waals surface area contributed by atoms with Gasteiger partial charge >= 0.3 is 5.97 Å². The average molecular weight is 411 g/mol. The summed E-state index contributed by atoms with van der Waals surface area (Å²) in [6, 6.07) is 0. The Morgan fingerprint density at radius 2 is 1.31 bits per heavy atom. The maximum atomic E-state index is 12.5. The Morgan fingerprint density at radius 1 is 0.759 bits per heavy atom. The van der Waals surface area contributed by atoms with Crippen molar-refractivity contribution in [3.8, 4) is 0 Å². The molecule has 1 aliphatic rings. The van der Waals surface area contributed by atoms with Crippen molar-refractivity contribution < 1.29 is 14.3 Å². The van der Waals surface area contributed by atoms with E-state index >= 15 is 0 Å². The van der Waals surface area contributed by atoms with Crippen molar-refractivity contribution in [3.05, 3.63) is 0 Å². The van der Waals surface area contributed by atoms with Gasteiger partial charge in [0.2, 0.25) is 0 Å². The third kappa shape index (κ3) is 12.7. The first-order chi connectivity index (χ1) is 14.1. The van der Waals surface area contributed by atoms with Crippen LogP contribution in [-0.2, 0) is 14.3 Å². The predicted octanol–water partition coefficient (Wildman–Crippen LogP) is 7.85. The Bertz CT molecular complexity index is 387. The summed E-state index contributed by atoms with van der Waals surface area (Å²) in [6.07, 6.45) is 20.0. The molecule has 0 bridgehead atoms. The van der Waals surface area contributed by atoms with Gasteiger partial charge in [-0.25, -0.2) is 0 Å². The van der Waals surface area contributed by atoms with Crippen LogP contribution in [0.15, 0.2) is 0 Å². The molecule has 1 fully saturated rings. The molecule has 1 saturated carbocycles. The zero-order valence-corrected chi connectivity index (χ0v) is 20.1. The monoisotopic (exact) mass is 410 g/mol. The van der Waals surface area contributed by atoms with E-state index in [2.05, 4.69) is 13.8 Å². The second-order valence-electron chi connectivity index (χ2n) is 9.41. The van der Waals surface area contributed by atoms with E-state index in [1.807, 2.05) is 13.8 Å². The van der Waals surface area contributed by atoms with Crippen LogP contribution in [0.2, 0.25) is 0 Å². The molecular formula is C26H50O3. The van der Waals surface area contributed by atoms with E-state index in [-0.39, 0.29) is 24.1 Å². The van der Waals surface area contributed by atoms with Gasteiger partial charge in [-0.1, -0.05) is 84.5 Å². The van der Waals surface area contributed by atoms with Crippen LogP contribution in [0.1, 0.15) is 130 Å². The van der Waals surface area contributed by atoms with Gasteiger partial charge in [0.05, 0.1) is 12.0 Å². The number of hydrogen-bond donors (Lipinski definition) is 0. The number of rotatable bonds is 17. The molecule has 0 saturated heterocycles. The first-order valence-electron chi connectivity index (χ1n) is 12.9. The maximum absolute atomic E-state index is 12.5. The fourth-order valence-corrected chi connectivity index (χ4v) is 4.39. The van der Waals surface area contributed by atoms with Crippen LogP contribution in [0.5, 0.6) is 0 Å². The van der Waals surface area contributed by atoms with E-state index in [1.165, 1.54) is 83.5 Å². The summed E-state index contributed by atoms with van der Waals surface area (Å²) in [5.41, 5.74) is 0. The Labute approximate surface area is 181 Å². The minimum absolute atomic E-state index is 0.00652. The van der Waals surface area contributed by atoms with Gasteiger partial charge in [-0.2, -0.15) is 0 Å². The summed E-state index contributed by atoms with van der Waals surface area (Å²) in [7, 11) is 0. The van der Waals surface area contributed by atoms with Crippen molar-refractivity contribution in [2.24, 2.45) is 11.8 Å². The second-order valence-corrected chi connectivity index (χ2v) is 9.41. The summed E-state index contributed by atoms with van der Waals surface area (Å²) < 4.78 is 11.7. The van der Waals surface area contributed by atoms with E-state index in [9.17, 15) is 4.79 Å². The van der Waals surface area contributed by atoms with Crippen molar-refractivity contribution in [1.82, 2.24) is 0 Å². The molecule has 3 nitrogen and oxygen atoms in total. The minimum Gasteiger partial charge on any atom is -0.460 e. The summed E-state index contributed by atoms with van der Waals surface area (Å²) >= 11 is 0. The number of carbonyl (C=O) groups excluding carboxylic acids is 1. The topological polar surface area (TPSA) is 35.5 Å². The van der Waals surface area contributed by atoms with Crippen LogP contribution >= 0.6 is 0 Å². The molecule has 1 aliphatic carbocycles. The Hall–Kier alpha value is -0.570. The van der Waals surface area contributed by atoms with Gasteiger partial charge in [-0.3, -0.25) is 4.79 Å². The van der Waals surface area contributed by atoms with Crippen molar-refractivity contribution in [2.45, 2.75) is 143 Å². The van der Waals surface area contributed by atoms with Crippen LogP contribution in [-0.4, -0.2) is 24.8 Å². The highest BCUT2D eigenvalue weighted by Crippen LogP contribution is 2.33. The highest BCUT2D eigenvalue weighted by atomic mass is 16.6. The number of unbranched alkanes of at least 4 members (excludes halogenated alkanes) is 9. The third-order valence-corrected chi connectivity index (χ3v) is 6.74. The smallest absolute Gasteiger partial charge is 0.309 e. The van der Waals surface area contributed by atoms with Gasteiger partial charge < -0.3 is 9.47 Å². The first kappa shape index (κ1) is 26.5. The van der Waals surface area contributed by atoms with Gasteiger partial charge in [0.15, 0.2) is 0 Å². The van der Waals surface area contributed by atoms with Crippen molar-refractivity contribution in [2.75, 3.05) is 6.61 Å². The zero-order chi connectivity index (χ0) is 21.3. The van der Waals surface area contributed by atoms with E-state index in [1.54, 1.807) is 0 Å². The van der Waals surface area contributed by atoms with E-state index in [4.69, 9.17) is 9.47 Å². The molecule has 0 radical (unpaired) electrons. The molecule has 0 N–H and O–H groups in total. The zero-order valence-electron chi connectivity index (χ0n) is 20.1. The maximum Gasteiger partial charge on any atom is 0.309 e. The number of hydrogen-bond acceptors (Lipinski definition) is 3. The number of esters is 1. The van der Waals surface area contributed by atoms with Crippen LogP contribution in [0.25, 0.3) is 0 Å². The number of ether oxygens (including phenoxy) is 2. The van der Waals surface area contributed by atoms with Crippen LogP contribution in [0.3, 0.4) is 0 Å². The average Bonchev–Trinajstić information content (AvgIpc) is 2.73. The van der Waals surface area contributed by atoms with Gasteiger partial charge in [0.1, 0.15) is 6.10 Å². The molecule has 0 amide bonds. The van der Waals surface area contributed by atoms with Crippen LogP contribution < -0.4 is 0 Å². The molecule has 0 aromatic carbocycles. The molecule has 0 aliphatic heterocycles. The van der Waals surface area contributed by atoms with Gasteiger partial charge in [-0.15, -0.1) is 0 Å².